The van der Waals surface area contributed by atoms with Crippen molar-refractivity contribution in [2.45, 2.75) is 19.6 Å². The van der Waals surface area contributed by atoms with Crippen molar-refractivity contribution < 1.29 is 14.4 Å². The van der Waals surface area contributed by atoms with E-state index in [4.69, 9.17) is 4.74 Å². The molecule has 2 rings (SSSR count). The predicted octanol–water partition coefficient (Wildman–Crippen LogP) is 0.632. The number of rotatable bonds is 0. The van der Waals surface area contributed by atoms with Crippen LogP contribution in [0.2, 0.25) is 0 Å². The van der Waals surface area contributed by atoms with E-state index in [-0.39, 0.29) is 5.91 Å². The van der Waals surface area contributed by atoms with E-state index in [2.05, 4.69) is 7.05 Å². The van der Waals surface area contributed by atoms with Crippen LogP contribution in [0.15, 0.2) is 24.3 Å². The molecular formula is C11H13NO2. The average molecular weight is 191 g/mol. The number of carbonyl (C=O) groups is 1. The molecule has 1 aromatic carbocycles. The molecule has 1 aliphatic rings. The van der Waals surface area contributed by atoms with E-state index < -0.39 is 5.72 Å². The Morgan fingerprint density at radius 1 is 1.36 bits per heavy atom. The Hall–Kier alpha value is -1.35. The van der Waals surface area contributed by atoms with Gasteiger partial charge >= 0.3 is 5.91 Å². The van der Waals surface area contributed by atoms with Gasteiger partial charge in [-0.05, 0) is 12.1 Å². The van der Waals surface area contributed by atoms with Crippen LogP contribution in [0.1, 0.15) is 24.2 Å². The summed E-state index contributed by atoms with van der Waals surface area (Å²) < 4.78 is 5.68. The van der Waals surface area contributed by atoms with Crippen LogP contribution in [0.25, 0.3) is 0 Å². The van der Waals surface area contributed by atoms with Crippen molar-refractivity contribution in [3.8, 4) is 5.75 Å². The van der Waals surface area contributed by atoms with Crippen molar-refractivity contribution in [1.29, 1.82) is 0 Å². The minimum Gasteiger partial charge on any atom is -0.442 e. The average Bonchev–Trinajstić information content (AvgIpc) is 2.14. The fourth-order valence-corrected chi connectivity index (χ4v) is 1.52. The SMILES string of the molecule is [CH2-][NH+]1C(=O)c2ccccc2OC1(C)C. The van der Waals surface area contributed by atoms with Gasteiger partial charge in [0, 0.05) is 13.8 Å². The molecule has 0 radical (unpaired) electrons. The van der Waals surface area contributed by atoms with Crippen molar-refractivity contribution in [2.75, 3.05) is 0 Å². The molecule has 1 N–H and O–H groups in total. The number of amides is 1. The van der Waals surface area contributed by atoms with Gasteiger partial charge in [-0.2, -0.15) is 0 Å². The largest absolute Gasteiger partial charge is 0.442 e. The second-order valence-electron chi connectivity index (χ2n) is 3.92. The molecule has 0 saturated heterocycles. The van der Waals surface area contributed by atoms with Crippen LogP contribution in [-0.4, -0.2) is 11.6 Å². The fraction of sp³-hybridized carbons (Fsp3) is 0.273. The summed E-state index contributed by atoms with van der Waals surface area (Å²) in [6, 6.07) is 7.25. The van der Waals surface area contributed by atoms with E-state index in [0.29, 0.717) is 16.2 Å². The summed E-state index contributed by atoms with van der Waals surface area (Å²) in [6.07, 6.45) is 0. The first-order valence-electron chi connectivity index (χ1n) is 4.54. The second-order valence-corrected chi connectivity index (χ2v) is 3.92. The van der Waals surface area contributed by atoms with Gasteiger partial charge in [0.15, 0.2) is 0 Å². The maximum atomic E-state index is 11.9. The summed E-state index contributed by atoms with van der Waals surface area (Å²) in [5.74, 6) is 0.631. The summed E-state index contributed by atoms with van der Waals surface area (Å²) in [6.45, 7) is 3.70. The van der Waals surface area contributed by atoms with Gasteiger partial charge in [-0.25, -0.2) is 4.79 Å². The number of quaternary nitrogens is 1. The summed E-state index contributed by atoms with van der Waals surface area (Å²) in [4.78, 5) is 12.4. The molecule has 0 fully saturated rings. The van der Waals surface area contributed by atoms with Crippen molar-refractivity contribution in [3.05, 3.63) is 36.9 Å². The van der Waals surface area contributed by atoms with Gasteiger partial charge in [0.1, 0.15) is 11.3 Å². The maximum Gasteiger partial charge on any atom is 0.325 e. The molecule has 0 saturated carbocycles. The standard InChI is InChI=1S/C11H13NO2/c1-11(2)12(3)10(13)8-6-4-5-7-9(8)14-11/h4-7,12H,3H2,1-2H3. The lowest BCUT2D eigenvalue weighted by atomic mass is 10.1. The first kappa shape index (κ1) is 9.21. The minimum atomic E-state index is -0.592. The number of ether oxygens (including phenoxy) is 1. The molecule has 1 atom stereocenters. The van der Waals surface area contributed by atoms with E-state index in [0.717, 1.165) is 0 Å². The lowest BCUT2D eigenvalue weighted by Gasteiger charge is -2.39. The Kier molecular flexibility index (Phi) is 1.86. The third-order valence-electron chi connectivity index (χ3n) is 2.50. The summed E-state index contributed by atoms with van der Waals surface area (Å²) in [5.41, 5.74) is 0.0163. The Bertz CT molecular complexity index is 385. The van der Waals surface area contributed by atoms with Crippen molar-refractivity contribution in [3.63, 3.8) is 0 Å². The van der Waals surface area contributed by atoms with Gasteiger partial charge in [0.2, 0.25) is 5.72 Å². The normalized spacial score (nSPS) is 23.9. The van der Waals surface area contributed by atoms with E-state index >= 15 is 0 Å². The zero-order valence-electron chi connectivity index (χ0n) is 8.33. The molecule has 3 heteroatoms. The summed E-state index contributed by atoms with van der Waals surface area (Å²) in [5, 5.41) is 0. The van der Waals surface area contributed by atoms with Gasteiger partial charge in [0.05, 0.1) is 0 Å². The Morgan fingerprint density at radius 2 is 2.00 bits per heavy atom. The summed E-state index contributed by atoms with van der Waals surface area (Å²) >= 11 is 0. The third kappa shape index (κ3) is 1.21. The highest BCUT2D eigenvalue weighted by molar-refractivity contribution is 5.91. The number of carbonyl (C=O) groups excluding carboxylic acids is 1. The van der Waals surface area contributed by atoms with E-state index in [9.17, 15) is 4.79 Å². The van der Waals surface area contributed by atoms with Crippen LogP contribution in [-0.2, 0) is 0 Å². The van der Waals surface area contributed by atoms with Crippen LogP contribution < -0.4 is 9.64 Å². The monoisotopic (exact) mass is 191 g/mol. The number of hydrogen-bond donors (Lipinski definition) is 1. The molecule has 0 aliphatic carbocycles. The lowest BCUT2D eigenvalue weighted by molar-refractivity contribution is -0.852. The molecule has 3 nitrogen and oxygen atoms in total. The minimum absolute atomic E-state index is 0.0168. The van der Waals surface area contributed by atoms with E-state index in [1.807, 2.05) is 26.0 Å². The third-order valence-corrected chi connectivity index (χ3v) is 2.50. The molecule has 14 heavy (non-hydrogen) atoms. The number of para-hydroxylation sites is 1. The summed E-state index contributed by atoms with van der Waals surface area (Å²) in [7, 11) is 3.77. The van der Waals surface area contributed by atoms with E-state index in [1.54, 1.807) is 12.1 Å². The van der Waals surface area contributed by atoms with Crippen molar-refractivity contribution >= 4 is 5.91 Å². The Morgan fingerprint density at radius 3 is 2.71 bits per heavy atom. The highest BCUT2D eigenvalue weighted by atomic mass is 16.5. The van der Waals surface area contributed by atoms with Gasteiger partial charge in [0.25, 0.3) is 0 Å². The quantitative estimate of drug-likeness (QED) is 0.610. The van der Waals surface area contributed by atoms with Crippen LogP contribution in [0, 0.1) is 7.05 Å². The zero-order valence-corrected chi connectivity index (χ0v) is 8.33. The number of benzene rings is 1. The number of nitrogens with one attached hydrogen (secondary N) is 1. The first-order chi connectivity index (χ1) is 6.52. The molecule has 1 unspecified atom stereocenters. The topological polar surface area (TPSA) is 30.7 Å². The van der Waals surface area contributed by atoms with Gasteiger partial charge in [-0.15, -0.1) is 7.05 Å². The van der Waals surface area contributed by atoms with Gasteiger partial charge in [-0.3, -0.25) is 0 Å². The molecule has 1 aromatic rings. The molecule has 0 aromatic heterocycles. The van der Waals surface area contributed by atoms with Crippen LogP contribution in [0.4, 0.5) is 0 Å². The zero-order chi connectivity index (χ0) is 10.3. The Labute approximate surface area is 83.3 Å². The van der Waals surface area contributed by atoms with Crippen LogP contribution in [0.3, 0.4) is 0 Å². The highest BCUT2D eigenvalue weighted by Crippen LogP contribution is 2.23. The Balaban J connectivity index is 2.54. The molecule has 0 bridgehead atoms. The van der Waals surface area contributed by atoms with Crippen LogP contribution in [0.5, 0.6) is 5.75 Å². The molecule has 1 heterocycles. The second kappa shape index (κ2) is 2.82. The molecule has 74 valence electrons. The number of fused-ring (bicyclic) bond motifs is 1. The molecule has 1 aliphatic heterocycles. The molecule has 1 amide bonds. The highest BCUT2D eigenvalue weighted by Gasteiger charge is 2.38. The smallest absolute Gasteiger partial charge is 0.325 e. The maximum absolute atomic E-state index is 11.9. The lowest BCUT2D eigenvalue weighted by Crippen LogP contribution is -3.19. The van der Waals surface area contributed by atoms with E-state index in [1.165, 1.54) is 0 Å². The van der Waals surface area contributed by atoms with Crippen molar-refractivity contribution in [2.24, 2.45) is 0 Å². The molecule has 0 spiro atoms. The van der Waals surface area contributed by atoms with Gasteiger partial charge in [-0.1, -0.05) is 12.1 Å². The first-order valence-corrected chi connectivity index (χ1v) is 4.54. The number of hydrogen-bond acceptors (Lipinski definition) is 2. The predicted molar refractivity (Wildman–Crippen MR) is 51.8 cm³/mol. The molecular weight excluding hydrogens is 178 g/mol. The van der Waals surface area contributed by atoms with Gasteiger partial charge < -0.3 is 9.64 Å². The van der Waals surface area contributed by atoms with Crippen LogP contribution >= 0.6 is 0 Å². The van der Waals surface area contributed by atoms with Crippen molar-refractivity contribution in [1.82, 2.24) is 0 Å². The fourth-order valence-electron chi connectivity index (χ4n) is 1.52.